The van der Waals surface area contributed by atoms with Gasteiger partial charge in [-0.2, -0.15) is 13.2 Å². The first-order valence-electron chi connectivity index (χ1n) is 7.92. The molecule has 1 aliphatic heterocycles. The van der Waals surface area contributed by atoms with Gasteiger partial charge in [-0.25, -0.2) is 4.79 Å². The van der Waals surface area contributed by atoms with Crippen molar-refractivity contribution in [2.75, 3.05) is 45.2 Å². The Balaban J connectivity index is 1.81. The van der Waals surface area contributed by atoms with Gasteiger partial charge in [0.1, 0.15) is 0 Å². The maximum Gasteiger partial charge on any atom is 0.417 e. The number of carbonyl (C=O) groups is 1. The molecule has 2 rings (SSSR count). The van der Waals surface area contributed by atoms with Gasteiger partial charge in [0, 0.05) is 32.4 Å². The molecule has 1 aliphatic rings. The number of hydrogen-bond donors (Lipinski definition) is 2. The maximum absolute atomic E-state index is 12.8. The van der Waals surface area contributed by atoms with Crippen LogP contribution in [0.2, 0.25) is 5.02 Å². The molecule has 0 aromatic heterocycles. The lowest BCUT2D eigenvalue weighted by Crippen LogP contribution is -2.34. The average molecular weight is 380 g/mol. The van der Waals surface area contributed by atoms with E-state index in [1.807, 2.05) is 0 Å². The maximum atomic E-state index is 12.8. The van der Waals surface area contributed by atoms with Crippen molar-refractivity contribution in [2.45, 2.75) is 12.6 Å². The second-order valence-corrected chi connectivity index (χ2v) is 6.38. The minimum Gasteiger partial charge on any atom is -0.383 e. The van der Waals surface area contributed by atoms with Crippen molar-refractivity contribution < 1.29 is 22.7 Å². The van der Waals surface area contributed by atoms with Gasteiger partial charge in [-0.15, -0.1) is 0 Å². The third-order valence-electron chi connectivity index (χ3n) is 4.06. The Labute approximate surface area is 149 Å². The molecule has 2 N–H and O–H groups in total. The van der Waals surface area contributed by atoms with Crippen LogP contribution in [0.4, 0.5) is 23.7 Å². The summed E-state index contributed by atoms with van der Waals surface area (Å²) in [6.07, 6.45) is -3.61. The molecule has 1 aromatic rings. The van der Waals surface area contributed by atoms with Gasteiger partial charge in [-0.3, -0.25) is 0 Å². The fourth-order valence-electron chi connectivity index (χ4n) is 2.74. The highest BCUT2D eigenvalue weighted by molar-refractivity contribution is 6.31. The lowest BCUT2D eigenvalue weighted by atomic mass is 10.1. The first-order chi connectivity index (χ1) is 11.8. The van der Waals surface area contributed by atoms with Gasteiger partial charge < -0.3 is 20.3 Å². The number of likely N-dealkylation sites (tertiary alicyclic amines) is 1. The number of urea groups is 1. The van der Waals surface area contributed by atoms with Crippen LogP contribution in [0.25, 0.3) is 0 Å². The summed E-state index contributed by atoms with van der Waals surface area (Å²) < 4.78 is 43.5. The molecule has 140 valence electrons. The van der Waals surface area contributed by atoms with E-state index < -0.39 is 22.8 Å². The molecule has 1 aromatic carbocycles. The monoisotopic (exact) mass is 379 g/mol. The van der Waals surface area contributed by atoms with E-state index in [4.69, 9.17) is 16.3 Å². The summed E-state index contributed by atoms with van der Waals surface area (Å²) in [5.74, 6) is 0.318. The van der Waals surface area contributed by atoms with Gasteiger partial charge in [0.15, 0.2) is 0 Å². The standard InChI is InChI=1S/C16H21ClF3N3O2/c1-25-7-6-23-5-4-11(10-23)9-21-15(24)22-12-2-3-14(17)13(8-12)16(18,19)20/h2-3,8,11H,4-7,9-10H2,1H3,(H2,21,22,24). The van der Waals surface area contributed by atoms with Crippen LogP contribution in [-0.4, -0.2) is 50.8 Å². The summed E-state index contributed by atoms with van der Waals surface area (Å²) >= 11 is 5.55. The molecule has 25 heavy (non-hydrogen) atoms. The third-order valence-corrected chi connectivity index (χ3v) is 4.39. The van der Waals surface area contributed by atoms with Crippen LogP contribution < -0.4 is 10.6 Å². The Bertz CT molecular complexity index is 598. The molecule has 2 amide bonds. The van der Waals surface area contributed by atoms with Crippen molar-refractivity contribution in [2.24, 2.45) is 5.92 Å². The molecule has 1 atom stereocenters. The Morgan fingerprint density at radius 2 is 2.20 bits per heavy atom. The minimum absolute atomic E-state index is 0.0439. The van der Waals surface area contributed by atoms with E-state index >= 15 is 0 Å². The molecule has 1 fully saturated rings. The van der Waals surface area contributed by atoms with Crippen molar-refractivity contribution in [3.63, 3.8) is 0 Å². The zero-order chi connectivity index (χ0) is 18.4. The SMILES string of the molecule is COCCN1CCC(CNC(=O)Nc2ccc(Cl)c(C(F)(F)F)c2)C1. The van der Waals surface area contributed by atoms with E-state index in [1.165, 1.54) is 6.07 Å². The summed E-state index contributed by atoms with van der Waals surface area (Å²) in [6, 6.07) is 2.74. The molecule has 0 aliphatic carbocycles. The first-order valence-corrected chi connectivity index (χ1v) is 8.30. The van der Waals surface area contributed by atoms with Gasteiger partial charge in [0.2, 0.25) is 0 Å². The molecule has 0 saturated carbocycles. The Morgan fingerprint density at radius 3 is 2.88 bits per heavy atom. The third kappa shape index (κ3) is 6.05. The van der Waals surface area contributed by atoms with E-state index in [2.05, 4.69) is 15.5 Å². The van der Waals surface area contributed by atoms with Gasteiger partial charge in [-0.1, -0.05) is 11.6 Å². The average Bonchev–Trinajstić information content (AvgIpc) is 2.99. The van der Waals surface area contributed by atoms with Crippen molar-refractivity contribution in [3.8, 4) is 0 Å². The number of alkyl halides is 3. The van der Waals surface area contributed by atoms with Gasteiger partial charge in [-0.05, 0) is 37.1 Å². The number of nitrogens with zero attached hydrogens (tertiary/aromatic N) is 1. The number of rotatable bonds is 6. The molecule has 1 saturated heterocycles. The van der Waals surface area contributed by atoms with E-state index in [0.29, 0.717) is 19.1 Å². The number of hydrogen-bond acceptors (Lipinski definition) is 3. The summed E-state index contributed by atoms with van der Waals surface area (Å²) in [5, 5.41) is 4.71. The lowest BCUT2D eigenvalue weighted by Gasteiger charge is -2.16. The number of amides is 2. The number of halogens is 4. The van der Waals surface area contributed by atoms with Crippen molar-refractivity contribution in [1.29, 1.82) is 0 Å². The summed E-state index contributed by atoms with van der Waals surface area (Å²) in [5.41, 5.74) is -0.932. The Kier molecular flexibility index (Phi) is 6.92. The van der Waals surface area contributed by atoms with Crippen LogP contribution >= 0.6 is 11.6 Å². The summed E-state index contributed by atoms with van der Waals surface area (Å²) in [4.78, 5) is 14.2. The van der Waals surface area contributed by atoms with E-state index in [0.717, 1.165) is 38.2 Å². The van der Waals surface area contributed by atoms with Crippen LogP contribution in [0.5, 0.6) is 0 Å². The molecule has 0 radical (unpaired) electrons. The highest BCUT2D eigenvalue weighted by atomic mass is 35.5. The lowest BCUT2D eigenvalue weighted by molar-refractivity contribution is -0.137. The summed E-state index contributed by atoms with van der Waals surface area (Å²) in [6.45, 7) is 3.80. The molecule has 9 heteroatoms. The van der Waals surface area contributed by atoms with E-state index in [1.54, 1.807) is 7.11 Å². The molecule has 1 heterocycles. The number of methoxy groups -OCH3 is 1. The highest BCUT2D eigenvalue weighted by Crippen LogP contribution is 2.36. The van der Waals surface area contributed by atoms with E-state index in [9.17, 15) is 18.0 Å². The second kappa shape index (κ2) is 8.73. The molecule has 0 bridgehead atoms. The zero-order valence-corrected chi connectivity index (χ0v) is 14.6. The Morgan fingerprint density at radius 1 is 1.44 bits per heavy atom. The van der Waals surface area contributed by atoms with Crippen molar-refractivity contribution in [1.82, 2.24) is 10.2 Å². The fraction of sp³-hybridized carbons (Fsp3) is 0.562. The molecule has 1 unspecified atom stereocenters. The quantitative estimate of drug-likeness (QED) is 0.796. The molecular weight excluding hydrogens is 359 g/mol. The van der Waals surface area contributed by atoms with Crippen molar-refractivity contribution in [3.05, 3.63) is 28.8 Å². The predicted molar refractivity (Wildman–Crippen MR) is 89.9 cm³/mol. The van der Waals surface area contributed by atoms with Gasteiger partial charge in [0.05, 0.1) is 17.2 Å². The topological polar surface area (TPSA) is 53.6 Å². The van der Waals surface area contributed by atoms with Crippen LogP contribution in [0.15, 0.2) is 18.2 Å². The van der Waals surface area contributed by atoms with Crippen LogP contribution in [0.1, 0.15) is 12.0 Å². The normalized spacial score (nSPS) is 18.4. The van der Waals surface area contributed by atoms with Crippen LogP contribution in [0.3, 0.4) is 0 Å². The first kappa shape index (κ1) is 19.8. The van der Waals surface area contributed by atoms with Crippen molar-refractivity contribution >= 4 is 23.3 Å². The number of benzene rings is 1. The largest absolute Gasteiger partial charge is 0.417 e. The smallest absolute Gasteiger partial charge is 0.383 e. The molecular formula is C16H21ClF3N3O2. The second-order valence-electron chi connectivity index (χ2n) is 5.98. The van der Waals surface area contributed by atoms with E-state index in [-0.39, 0.29) is 5.69 Å². The molecule has 5 nitrogen and oxygen atoms in total. The number of carbonyl (C=O) groups excluding carboxylic acids is 1. The van der Waals surface area contributed by atoms with Gasteiger partial charge in [0.25, 0.3) is 0 Å². The van der Waals surface area contributed by atoms with Crippen LogP contribution in [-0.2, 0) is 10.9 Å². The zero-order valence-electron chi connectivity index (χ0n) is 13.8. The minimum atomic E-state index is -4.57. The number of nitrogens with one attached hydrogen (secondary N) is 2. The van der Waals surface area contributed by atoms with Gasteiger partial charge >= 0.3 is 12.2 Å². The fourth-order valence-corrected chi connectivity index (χ4v) is 2.96. The highest BCUT2D eigenvalue weighted by Gasteiger charge is 2.33. The number of ether oxygens (including phenoxy) is 1. The Hall–Kier alpha value is -1.51. The van der Waals surface area contributed by atoms with Crippen LogP contribution in [0, 0.1) is 5.92 Å². The predicted octanol–water partition coefficient (Wildman–Crippen LogP) is 3.45. The molecule has 0 spiro atoms. The summed E-state index contributed by atoms with van der Waals surface area (Å²) in [7, 11) is 1.65. The number of anilines is 1.